The lowest BCUT2D eigenvalue weighted by Crippen LogP contribution is -2.38. The average Bonchev–Trinajstić information content (AvgIpc) is 2.37. The molecule has 0 unspecified atom stereocenters. The minimum Gasteiger partial charge on any atom is -0.300 e. The molecule has 0 amide bonds. The van der Waals surface area contributed by atoms with Gasteiger partial charge in [0, 0.05) is 6.42 Å². The molecule has 0 radical (unpaired) electrons. The Morgan fingerprint density at radius 1 is 1.09 bits per heavy atom. The Morgan fingerprint density at radius 3 is 1.86 bits per heavy atom. The molecule has 0 aromatic rings. The SMILES string of the molecule is CC(C)(C)C(C)(C)C(=O)OO.CCCC(=O)OOCC(C)C. The summed E-state index contributed by atoms with van der Waals surface area (Å²) in [7, 11) is 0. The topological polar surface area (TPSA) is 82.1 Å². The predicted octanol–water partition coefficient (Wildman–Crippen LogP) is 3.99. The third-order valence-corrected chi connectivity index (χ3v) is 3.48. The van der Waals surface area contributed by atoms with E-state index in [1.807, 2.05) is 41.5 Å². The van der Waals surface area contributed by atoms with Gasteiger partial charge in [-0.25, -0.2) is 9.59 Å². The molecule has 0 aliphatic rings. The summed E-state index contributed by atoms with van der Waals surface area (Å²) < 4.78 is 0. The highest BCUT2D eigenvalue weighted by Gasteiger charge is 2.41. The van der Waals surface area contributed by atoms with E-state index in [-0.39, 0.29) is 11.4 Å². The van der Waals surface area contributed by atoms with E-state index in [0.29, 0.717) is 18.9 Å². The van der Waals surface area contributed by atoms with Crippen LogP contribution < -0.4 is 0 Å². The van der Waals surface area contributed by atoms with Gasteiger partial charge in [-0.15, -0.1) is 0 Å². The zero-order chi connectivity index (χ0) is 18.0. The molecule has 0 aliphatic heterocycles. The summed E-state index contributed by atoms with van der Waals surface area (Å²) in [4.78, 5) is 34.5. The van der Waals surface area contributed by atoms with Crippen molar-refractivity contribution in [3.05, 3.63) is 0 Å². The minimum atomic E-state index is -0.665. The van der Waals surface area contributed by atoms with Crippen LogP contribution in [0.4, 0.5) is 0 Å². The summed E-state index contributed by atoms with van der Waals surface area (Å²) in [6, 6.07) is 0. The van der Waals surface area contributed by atoms with Crippen LogP contribution in [0.1, 0.15) is 68.2 Å². The van der Waals surface area contributed by atoms with Gasteiger partial charge in [0.05, 0.1) is 12.0 Å². The van der Waals surface area contributed by atoms with Gasteiger partial charge >= 0.3 is 11.9 Å². The quantitative estimate of drug-likeness (QED) is 0.588. The van der Waals surface area contributed by atoms with E-state index in [9.17, 15) is 9.59 Å². The molecule has 6 heteroatoms. The summed E-state index contributed by atoms with van der Waals surface area (Å²) >= 11 is 0. The molecule has 0 fully saturated rings. The Labute approximate surface area is 134 Å². The maximum Gasteiger partial charge on any atom is 0.348 e. The van der Waals surface area contributed by atoms with Crippen LogP contribution in [0, 0.1) is 16.7 Å². The van der Waals surface area contributed by atoms with Gasteiger partial charge in [-0.05, 0) is 31.6 Å². The highest BCUT2D eigenvalue weighted by atomic mass is 17.2. The van der Waals surface area contributed by atoms with Gasteiger partial charge in [-0.2, -0.15) is 10.1 Å². The molecule has 0 rings (SSSR count). The zero-order valence-electron chi connectivity index (χ0n) is 15.2. The van der Waals surface area contributed by atoms with Crippen molar-refractivity contribution >= 4 is 11.9 Å². The molecule has 0 saturated heterocycles. The molecule has 1 N–H and O–H groups in total. The van der Waals surface area contributed by atoms with Crippen LogP contribution in [0.3, 0.4) is 0 Å². The van der Waals surface area contributed by atoms with Crippen LogP contribution in [0.2, 0.25) is 0 Å². The lowest BCUT2D eigenvalue weighted by Gasteiger charge is -2.34. The molecule has 6 nitrogen and oxygen atoms in total. The fourth-order valence-corrected chi connectivity index (χ4v) is 0.902. The van der Waals surface area contributed by atoms with E-state index in [0.717, 1.165) is 6.42 Å². The van der Waals surface area contributed by atoms with Crippen LogP contribution in [-0.4, -0.2) is 23.8 Å². The second-order valence-corrected chi connectivity index (χ2v) is 7.14. The van der Waals surface area contributed by atoms with Crippen molar-refractivity contribution in [1.29, 1.82) is 0 Å². The summed E-state index contributed by atoms with van der Waals surface area (Å²) in [5.74, 6) is -0.484. The normalized spacial score (nSPS) is 11.5. The fourth-order valence-electron chi connectivity index (χ4n) is 0.902. The van der Waals surface area contributed by atoms with Crippen LogP contribution >= 0.6 is 0 Å². The Hall–Kier alpha value is -1.14. The Balaban J connectivity index is 0. The number of rotatable bonds is 6. The molecule has 0 bridgehead atoms. The second kappa shape index (κ2) is 10.6. The largest absolute Gasteiger partial charge is 0.348 e. The van der Waals surface area contributed by atoms with Gasteiger partial charge in [0.25, 0.3) is 0 Å². The van der Waals surface area contributed by atoms with Gasteiger partial charge in [-0.3, -0.25) is 4.89 Å². The third-order valence-electron chi connectivity index (χ3n) is 3.48. The first-order valence-electron chi connectivity index (χ1n) is 7.58. The van der Waals surface area contributed by atoms with Crippen LogP contribution in [-0.2, 0) is 24.3 Å². The molecule has 0 saturated carbocycles. The number of hydrogen-bond acceptors (Lipinski definition) is 6. The average molecular weight is 320 g/mol. The molecule has 0 aromatic heterocycles. The zero-order valence-corrected chi connectivity index (χ0v) is 15.2. The molecule has 0 atom stereocenters. The van der Waals surface area contributed by atoms with Crippen molar-refractivity contribution in [2.75, 3.05) is 6.61 Å². The summed E-state index contributed by atoms with van der Waals surface area (Å²) in [5.41, 5.74) is -0.880. The Bertz CT molecular complexity index is 328. The first-order valence-corrected chi connectivity index (χ1v) is 7.58. The van der Waals surface area contributed by atoms with Gasteiger partial charge < -0.3 is 4.89 Å². The van der Waals surface area contributed by atoms with E-state index in [1.165, 1.54) is 0 Å². The summed E-state index contributed by atoms with van der Waals surface area (Å²) in [6.07, 6.45) is 1.22. The monoisotopic (exact) mass is 320 g/mol. The third kappa shape index (κ3) is 9.73. The maximum atomic E-state index is 11.0. The van der Waals surface area contributed by atoms with Crippen LogP contribution in [0.15, 0.2) is 0 Å². The van der Waals surface area contributed by atoms with Crippen molar-refractivity contribution in [3.8, 4) is 0 Å². The van der Waals surface area contributed by atoms with E-state index >= 15 is 0 Å². The maximum absolute atomic E-state index is 11.0. The highest BCUT2D eigenvalue weighted by Crippen LogP contribution is 2.38. The van der Waals surface area contributed by atoms with Crippen molar-refractivity contribution in [3.63, 3.8) is 0 Å². The lowest BCUT2D eigenvalue weighted by atomic mass is 9.69. The van der Waals surface area contributed by atoms with Crippen molar-refractivity contribution in [2.45, 2.75) is 68.2 Å². The predicted molar refractivity (Wildman–Crippen MR) is 83.7 cm³/mol. The van der Waals surface area contributed by atoms with Crippen LogP contribution in [0.25, 0.3) is 0 Å². The lowest BCUT2D eigenvalue weighted by molar-refractivity contribution is -0.276. The standard InChI is InChI=1S/2C8H16O3/c1-7(2,3)8(4,5)6(9)11-10;1-4-5-8(9)11-10-6-7(2)3/h10H,1-5H3;7H,4-6H2,1-3H3. The minimum absolute atomic E-state index is 0.215. The number of carbonyl (C=O) groups excluding carboxylic acids is 2. The fraction of sp³-hybridized carbons (Fsp3) is 0.875. The van der Waals surface area contributed by atoms with E-state index < -0.39 is 11.4 Å². The molecule has 0 aliphatic carbocycles. The van der Waals surface area contributed by atoms with Gasteiger partial charge in [-0.1, -0.05) is 41.5 Å². The van der Waals surface area contributed by atoms with Crippen molar-refractivity contribution in [2.24, 2.45) is 16.7 Å². The second-order valence-electron chi connectivity index (χ2n) is 7.14. The molecular weight excluding hydrogens is 288 g/mol. The highest BCUT2D eigenvalue weighted by molar-refractivity contribution is 5.76. The number of hydrogen-bond donors (Lipinski definition) is 1. The van der Waals surface area contributed by atoms with Crippen molar-refractivity contribution < 1.29 is 29.5 Å². The first kappa shape index (κ1) is 23.1. The summed E-state index contributed by atoms with van der Waals surface area (Å²) in [6.45, 7) is 15.6. The van der Waals surface area contributed by atoms with E-state index in [2.05, 4.69) is 14.7 Å². The van der Waals surface area contributed by atoms with E-state index in [1.54, 1.807) is 13.8 Å². The molecule has 0 aromatic carbocycles. The Kier molecular flexibility index (Phi) is 11.1. The van der Waals surface area contributed by atoms with Gasteiger partial charge in [0.15, 0.2) is 0 Å². The number of carbonyl (C=O) groups is 2. The van der Waals surface area contributed by atoms with Crippen molar-refractivity contribution in [1.82, 2.24) is 0 Å². The first-order chi connectivity index (χ1) is 9.90. The van der Waals surface area contributed by atoms with E-state index in [4.69, 9.17) is 5.26 Å². The summed E-state index contributed by atoms with van der Waals surface area (Å²) in [5, 5.41) is 8.18. The molecule has 0 spiro atoms. The molecule has 0 heterocycles. The van der Waals surface area contributed by atoms with Crippen LogP contribution in [0.5, 0.6) is 0 Å². The molecule has 132 valence electrons. The van der Waals surface area contributed by atoms with Gasteiger partial charge in [0.1, 0.15) is 0 Å². The van der Waals surface area contributed by atoms with Gasteiger partial charge in [0.2, 0.25) is 0 Å². The molecule has 22 heavy (non-hydrogen) atoms. The smallest absolute Gasteiger partial charge is 0.300 e. The Morgan fingerprint density at radius 2 is 1.59 bits per heavy atom. The molecular formula is C16H32O6.